The Hall–Kier alpha value is -9.05. The molecule has 16 rings (SSSR count). The minimum absolute atomic E-state index is 0.0310. The summed E-state index contributed by atoms with van der Waals surface area (Å²) in [5.41, 5.74) is -4.21. The van der Waals surface area contributed by atoms with Gasteiger partial charge in [-0.15, -0.1) is 0 Å². The number of rotatable bonds is 16. The van der Waals surface area contributed by atoms with Crippen LogP contribution in [0.2, 0.25) is 0 Å². The lowest BCUT2D eigenvalue weighted by Crippen LogP contribution is -2.36. The number of H-pyrrole nitrogens is 4. The Kier molecular flexibility index (Phi) is 39.9. The van der Waals surface area contributed by atoms with Gasteiger partial charge in [-0.2, -0.15) is 19.9 Å². The van der Waals surface area contributed by atoms with Crippen molar-refractivity contribution in [2.24, 2.45) is 5.92 Å². The SMILES string of the molecule is C1=CC2OC2C1.C1=CCC=C1.CC(=O)OC(C)=O.CC(=O)OO.CC(=O)O[C@H]1C=C[C@@H](C)C1.CC(=O)O[C@H]1C=C[C@@H](O)C1.CC1(C)OC2C(O1)[C@@H](O)C[C@H]2n1ccc(=O)[nH]c1=O.CC1(C)OC2C(O1)[C@H](n1ccc(=O)[nH]c1=O)C[C@@H]2OCP(=O)(O)O.CC1(C)OC2C(O1)[C@H](n1ccc(=O)[nH]c1=O)C[C@@H]2OCP(=O)(O)OP(=O)(O)O[P+](O)(O)O.O=c1ccn([C@H]2C=C[C@@H](O)C2)c(=O)[nH]1. The van der Waals surface area contributed by atoms with Crippen LogP contribution in [0.3, 0.4) is 0 Å². The molecule has 50 nitrogen and oxygen atoms in total. The highest BCUT2D eigenvalue weighted by Crippen LogP contribution is 2.69. The molecular weight excluding hydrogens is 1840 g/mol. The van der Waals surface area contributed by atoms with Gasteiger partial charge in [0.15, 0.2) is 17.4 Å². The number of carbonyl (C=O) groups is 5. The lowest BCUT2D eigenvalue weighted by atomic mass is 10.1. The minimum Gasteiger partial charge on any atom is -0.458 e. The Labute approximate surface area is 750 Å². The second kappa shape index (κ2) is 47.9. The van der Waals surface area contributed by atoms with Crippen molar-refractivity contribution in [1.29, 1.82) is 0 Å². The van der Waals surface area contributed by atoms with Crippen molar-refractivity contribution < 1.29 is 163 Å². The zero-order chi connectivity index (χ0) is 98.5. The number of phosphoric acid groups is 1. The summed E-state index contributed by atoms with van der Waals surface area (Å²) in [6.07, 6.45) is 26.1. The van der Waals surface area contributed by atoms with Crippen molar-refractivity contribution in [2.75, 3.05) is 12.7 Å². The number of hydrogen-bond acceptors (Lipinski definition) is 38. The highest BCUT2D eigenvalue weighted by Gasteiger charge is 2.59. The molecule has 3 saturated carbocycles. The lowest BCUT2D eigenvalue weighted by Gasteiger charge is -2.24. The summed E-state index contributed by atoms with van der Waals surface area (Å²) in [7, 11) is -20.1. The first-order valence-electron chi connectivity index (χ1n) is 40.6. The number of epoxide rings is 1. The Morgan fingerprint density at radius 2 is 0.864 bits per heavy atom. The first-order chi connectivity index (χ1) is 61.3. The zero-order valence-electron chi connectivity index (χ0n) is 73.3. The van der Waals surface area contributed by atoms with E-state index in [9.17, 15) is 96.0 Å². The molecule has 0 radical (unpaired) electrons. The molecule has 54 heteroatoms. The molecule has 8 aliphatic carbocycles. The molecule has 0 spiro atoms. The van der Waals surface area contributed by atoms with Crippen LogP contribution in [0.5, 0.6) is 0 Å². The van der Waals surface area contributed by atoms with Gasteiger partial charge in [-0.05, 0) is 102 Å². The third-order valence-corrected chi connectivity index (χ3v) is 24.2. The molecule has 0 amide bonds. The van der Waals surface area contributed by atoms with E-state index in [1.165, 1.54) is 88.9 Å². The van der Waals surface area contributed by atoms with Gasteiger partial charge in [-0.3, -0.25) is 90.6 Å². The minimum atomic E-state index is -5.54. The van der Waals surface area contributed by atoms with E-state index in [4.69, 9.17) is 86.9 Å². The van der Waals surface area contributed by atoms with Crippen LogP contribution in [-0.4, -0.2) is 244 Å². The third kappa shape index (κ3) is 36.3. The number of nitrogens with zero attached hydrogens (tertiary/aromatic N) is 4. The summed E-state index contributed by atoms with van der Waals surface area (Å²) in [5, 5.41) is 35.5. The summed E-state index contributed by atoms with van der Waals surface area (Å²) >= 11 is 0. The number of fused-ring (bicyclic) bond motifs is 4. The van der Waals surface area contributed by atoms with Crippen molar-refractivity contribution in [1.82, 2.24) is 38.2 Å². The van der Waals surface area contributed by atoms with Gasteiger partial charge in [-0.1, -0.05) is 67.7 Å². The number of carbonyl (C=O) groups excluding carboxylic acids is 5. The van der Waals surface area contributed by atoms with E-state index >= 15 is 0 Å². The first kappa shape index (κ1) is 110. The molecule has 7 fully saturated rings. The maximum Gasteiger partial charge on any atom is 0.578 e. The number of ether oxygens (including phenoxy) is 12. The second-order valence-corrected chi connectivity index (χ2v) is 38.6. The predicted octanol–water partition coefficient (Wildman–Crippen LogP) is 1.69. The monoisotopic (exact) mass is 1960 g/mol. The smallest absolute Gasteiger partial charge is 0.458 e. The van der Waals surface area contributed by atoms with E-state index < -0.39 is 203 Å². The van der Waals surface area contributed by atoms with Crippen LogP contribution in [0.15, 0.2) is 160 Å². The maximum atomic E-state index is 12.2. The van der Waals surface area contributed by atoms with Crippen molar-refractivity contribution in [2.45, 2.75) is 268 Å². The third-order valence-electron chi connectivity index (χ3n) is 19.7. The number of esters is 4. The quantitative estimate of drug-likeness (QED) is 0.0111. The van der Waals surface area contributed by atoms with Crippen molar-refractivity contribution >= 4 is 61.0 Å². The fourth-order valence-electron chi connectivity index (χ4n) is 14.8. The van der Waals surface area contributed by atoms with Crippen molar-refractivity contribution in [3.63, 3.8) is 0 Å². The summed E-state index contributed by atoms with van der Waals surface area (Å²) in [5.74, 6) is -4.53. The highest BCUT2D eigenvalue weighted by molar-refractivity contribution is 7.69. The lowest BCUT2D eigenvalue weighted by molar-refractivity contribution is -0.231. The number of aromatic amines is 4. The summed E-state index contributed by atoms with van der Waals surface area (Å²) in [6.45, 7) is 18.5. The van der Waals surface area contributed by atoms with Gasteiger partial charge >= 0.3 is 83.8 Å². The Balaban J connectivity index is 0.000000213. The summed E-state index contributed by atoms with van der Waals surface area (Å²) in [6, 6.07) is 3.25. The van der Waals surface area contributed by atoms with Crippen LogP contribution in [0.4, 0.5) is 0 Å². The molecule has 12 aliphatic rings. The van der Waals surface area contributed by atoms with E-state index in [0.29, 0.717) is 37.4 Å². The molecule has 132 heavy (non-hydrogen) atoms. The van der Waals surface area contributed by atoms with Gasteiger partial charge in [0.2, 0.25) is 0 Å². The fourth-order valence-corrected chi connectivity index (χ4v) is 18.5. The van der Waals surface area contributed by atoms with Gasteiger partial charge < -0.3 is 91.7 Å². The molecule has 734 valence electrons. The largest absolute Gasteiger partial charge is 0.578 e. The number of aliphatic hydroxyl groups is 3. The van der Waals surface area contributed by atoms with Gasteiger partial charge in [0.1, 0.15) is 67.6 Å². The molecule has 4 aromatic rings. The van der Waals surface area contributed by atoms with Crippen LogP contribution in [0.25, 0.3) is 0 Å². The van der Waals surface area contributed by atoms with Crippen LogP contribution in [-0.2, 0) is 108 Å². The fraction of sp³-hybridized carbons (Fsp3) is 0.577. The molecule has 0 aromatic carbocycles. The molecule has 0 bridgehead atoms. The molecule has 22 atom stereocenters. The van der Waals surface area contributed by atoms with Crippen LogP contribution in [0, 0.1) is 5.92 Å². The number of aromatic nitrogens is 8. The topological polar surface area (TPSA) is 720 Å². The number of allylic oxidation sites excluding steroid dienone is 6. The van der Waals surface area contributed by atoms with E-state index in [-0.39, 0.29) is 49.1 Å². The van der Waals surface area contributed by atoms with Gasteiger partial charge in [0.25, 0.3) is 22.2 Å². The van der Waals surface area contributed by atoms with E-state index in [2.05, 4.69) is 87.6 Å². The molecule has 4 aromatic heterocycles. The molecular formula is C78H111N8O42P4+. The Bertz CT molecular complexity index is 5420. The van der Waals surface area contributed by atoms with Crippen molar-refractivity contribution in [3.05, 3.63) is 205 Å². The van der Waals surface area contributed by atoms with E-state index in [1.807, 2.05) is 6.08 Å². The van der Waals surface area contributed by atoms with E-state index in [0.717, 1.165) is 32.3 Å². The average Bonchev–Trinajstić information content (AvgIpc) is 1.61. The number of nitrogens with one attached hydrogen (secondary N) is 4. The zero-order valence-corrected chi connectivity index (χ0v) is 76.9. The maximum absolute atomic E-state index is 12.2. The average molecular weight is 1960 g/mol. The molecule has 4 saturated heterocycles. The predicted molar refractivity (Wildman–Crippen MR) is 455 cm³/mol. The summed E-state index contributed by atoms with van der Waals surface area (Å²) < 4.78 is 112. The highest BCUT2D eigenvalue weighted by atomic mass is 31.3. The molecule has 10 unspecified atom stereocenters. The van der Waals surface area contributed by atoms with E-state index in [1.54, 1.807) is 65.8 Å². The second-order valence-electron chi connectivity index (χ2n) is 32.3. The van der Waals surface area contributed by atoms with Crippen molar-refractivity contribution in [3.8, 4) is 0 Å². The molecule has 15 N–H and O–H groups in total. The Morgan fingerprint density at radius 3 is 1.17 bits per heavy atom. The van der Waals surface area contributed by atoms with Crippen LogP contribution < -0.4 is 45.0 Å². The molecule has 8 heterocycles. The standard InChI is InChI=1S/C13H21N2O14P3.C13H19N2O8P.C12H16N2O5.C9H10N2O3.C8H12O2.C7H10O3.C5H6O.C5H6.C4H6O3.C2H4O3/c1-13(2)26-10-7(15-4-3-9(16)14-12(15)17)5-8(11(10)27-13)25-6-30(18,19)28-32(23,24)29-31(20,21)22;1-13(2)22-10-7(15-4-3-9(16)14-12(15)17)5-8(11(10)23-13)21-6-24(18,19)20;1-12(2)18-9-6(5-7(15)10(9)19-12)14-4-3-8(16)13-11(14)17;12-7-2-1-6(5-7)11-4-3-8(13)10-9(11)14;1-6-3-4-8(5-6)10-7(2)9;1-5(8)10-7-3-2-6(9)4-7;1-2-4-5(3-1)6-4;1-2-4-5-3-1;1-3(5)7-4(2)6;1-2(3)5-4/h3-4,7-8,10-11,20-22H,5-6H2,1-2H3,(H2-,14,16,17,18,19,23,24);3-4,7-8,10-11H,5-6H2,1-2H3,(H,14,16,17)(H2,18,19,20);3-4,6-7,9-10,15H,5H2,1-2H3,(H,13,16,17);1-4,6-7,12H,5H2,(H,10,13,14);3-4,6,8H,5H2,1-2H3;2-3,6-7,9H,4H2,1H3;1-2,4-5H,3H2;1-4H,5H2;1-2H3;4H,1H3/p+1/t2*7-,8+,10?,11?;6-,7+,9?,10?;6-,7+;6-,8+;6-,7+;;;;/m111011..../s1. The summed E-state index contributed by atoms with van der Waals surface area (Å²) in [4.78, 5) is 217. The first-order valence-corrected chi connectivity index (χ1v) is 47.3. The van der Waals surface area contributed by atoms with Crippen LogP contribution in [0.1, 0.15) is 159 Å². The van der Waals surface area contributed by atoms with Crippen LogP contribution >= 0.6 is 31.2 Å². The number of hydrogen-bond donors (Lipinski definition) is 15. The Morgan fingerprint density at radius 1 is 0.477 bits per heavy atom. The normalized spacial score (nSPS) is 29.5. The van der Waals surface area contributed by atoms with Gasteiger partial charge in [0, 0.05) is 96.5 Å². The number of aliphatic hydroxyl groups excluding tert-OH is 3. The van der Waals surface area contributed by atoms with Gasteiger partial charge in [0.05, 0.1) is 60.8 Å². The molecule has 4 aliphatic heterocycles. The van der Waals surface area contributed by atoms with Gasteiger partial charge in [-0.25, -0.2) is 32.8 Å².